The van der Waals surface area contributed by atoms with Crippen LogP contribution in [0.15, 0.2) is 54.6 Å². The minimum absolute atomic E-state index is 0.585. The van der Waals surface area contributed by atoms with Crippen LogP contribution in [-0.4, -0.2) is 19.1 Å². The Balaban J connectivity index is 1.78. The van der Waals surface area contributed by atoms with Gasteiger partial charge in [-0.1, -0.05) is 48.5 Å². The fourth-order valence-electron chi connectivity index (χ4n) is 2.24. The first kappa shape index (κ1) is 11.3. The van der Waals surface area contributed by atoms with E-state index in [1.165, 1.54) is 16.8 Å². The van der Waals surface area contributed by atoms with E-state index in [9.17, 15) is 0 Å². The van der Waals surface area contributed by atoms with Crippen molar-refractivity contribution < 1.29 is 0 Å². The molecule has 2 aromatic carbocycles. The van der Waals surface area contributed by atoms with Crippen molar-refractivity contribution in [2.24, 2.45) is 0 Å². The van der Waals surface area contributed by atoms with E-state index in [1.54, 1.807) is 0 Å². The molecule has 1 saturated heterocycles. The Labute approximate surface area is 108 Å². The lowest BCUT2D eigenvalue weighted by Crippen LogP contribution is -2.51. The SMILES string of the molecule is c1ccc(Cc2ccccc2NC2CNC2)cc1. The van der Waals surface area contributed by atoms with Gasteiger partial charge in [0.1, 0.15) is 0 Å². The number of rotatable bonds is 4. The zero-order valence-corrected chi connectivity index (χ0v) is 10.4. The molecule has 1 aliphatic heterocycles. The van der Waals surface area contributed by atoms with Gasteiger partial charge in [-0.2, -0.15) is 0 Å². The Hall–Kier alpha value is -1.80. The number of anilines is 1. The van der Waals surface area contributed by atoms with E-state index in [2.05, 4.69) is 65.2 Å². The van der Waals surface area contributed by atoms with Crippen molar-refractivity contribution >= 4 is 5.69 Å². The maximum absolute atomic E-state index is 3.60. The molecule has 0 amide bonds. The van der Waals surface area contributed by atoms with Gasteiger partial charge in [0.05, 0.1) is 6.04 Å². The summed E-state index contributed by atoms with van der Waals surface area (Å²) in [6, 6.07) is 19.8. The van der Waals surface area contributed by atoms with Crippen LogP contribution >= 0.6 is 0 Å². The molecule has 0 aliphatic carbocycles. The second-order valence-corrected chi connectivity index (χ2v) is 4.82. The van der Waals surface area contributed by atoms with E-state index < -0.39 is 0 Å². The largest absolute Gasteiger partial charge is 0.380 e. The molecule has 1 fully saturated rings. The lowest BCUT2D eigenvalue weighted by atomic mass is 10.0. The first-order valence-corrected chi connectivity index (χ1v) is 6.51. The summed E-state index contributed by atoms with van der Waals surface area (Å²) >= 11 is 0. The second kappa shape index (κ2) is 5.23. The highest BCUT2D eigenvalue weighted by Gasteiger charge is 2.16. The zero-order chi connectivity index (χ0) is 12.2. The molecule has 2 aromatic rings. The number of para-hydroxylation sites is 1. The molecule has 2 N–H and O–H groups in total. The van der Waals surface area contributed by atoms with Crippen LogP contribution in [-0.2, 0) is 6.42 Å². The first-order chi connectivity index (χ1) is 8.92. The van der Waals surface area contributed by atoms with Crippen molar-refractivity contribution in [3.8, 4) is 0 Å². The number of nitrogens with one attached hydrogen (secondary N) is 2. The Morgan fingerprint density at radius 3 is 2.39 bits per heavy atom. The summed E-state index contributed by atoms with van der Waals surface area (Å²) in [6.45, 7) is 2.14. The van der Waals surface area contributed by atoms with Gasteiger partial charge in [-0.05, 0) is 23.6 Å². The van der Waals surface area contributed by atoms with Crippen molar-refractivity contribution in [2.75, 3.05) is 18.4 Å². The normalized spacial score (nSPS) is 15.1. The van der Waals surface area contributed by atoms with E-state index in [0.29, 0.717) is 6.04 Å². The fraction of sp³-hybridized carbons (Fsp3) is 0.250. The summed E-state index contributed by atoms with van der Waals surface area (Å²) in [6.07, 6.45) is 0.990. The molecule has 3 rings (SSSR count). The highest BCUT2D eigenvalue weighted by Crippen LogP contribution is 2.20. The molecule has 1 heterocycles. The third-order valence-corrected chi connectivity index (χ3v) is 3.40. The van der Waals surface area contributed by atoms with Crippen LogP contribution in [0.3, 0.4) is 0 Å². The van der Waals surface area contributed by atoms with Gasteiger partial charge in [0.15, 0.2) is 0 Å². The maximum Gasteiger partial charge on any atom is 0.0510 e. The molecule has 0 bridgehead atoms. The Morgan fingerprint density at radius 2 is 1.67 bits per heavy atom. The summed E-state index contributed by atoms with van der Waals surface area (Å²) in [5, 5.41) is 6.89. The minimum atomic E-state index is 0.585. The first-order valence-electron chi connectivity index (χ1n) is 6.51. The average molecular weight is 238 g/mol. The molecular formula is C16H18N2. The van der Waals surface area contributed by atoms with Crippen molar-refractivity contribution in [2.45, 2.75) is 12.5 Å². The van der Waals surface area contributed by atoms with Gasteiger partial charge in [-0.15, -0.1) is 0 Å². The van der Waals surface area contributed by atoms with Crippen LogP contribution < -0.4 is 10.6 Å². The standard InChI is InChI=1S/C16H18N2/c1-2-6-13(7-3-1)10-14-8-4-5-9-16(14)18-15-11-17-12-15/h1-9,15,17-18H,10-12H2. The topological polar surface area (TPSA) is 24.1 Å². The Kier molecular flexibility index (Phi) is 3.29. The van der Waals surface area contributed by atoms with Gasteiger partial charge >= 0.3 is 0 Å². The van der Waals surface area contributed by atoms with Gasteiger partial charge in [0.2, 0.25) is 0 Å². The Bertz CT molecular complexity index is 504. The van der Waals surface area contributed by atoms with Gasteiger partial charge in [-0.3, -0.25) is 0 Å². The zero-order valence-electron chi connectivity index (χ0n) is 10.4. The van der Waals surface area contributed by atoms with E-state index in [0.717, 1.165) is 19.5 Å². The molecule has 0 saturated carbocycles. The quantitative estimate of drug-likeness (QED) is 0.855. The van der Waals surface area contributed by atoms with Gasteiger partial charge < -0.3 is 10.6 Å². The van der Waals surface area contributed by atoms with Crippen molar-refractivity contribution in [3.63, 3.8) is 0 Å². The van der Waals surface area contributed by atoms with Crippen LogP contribution in [0, 0.1) is 0 Å². The summed E-state index contributed by atoms with van der Waals surface area (Å²) in [4.78, 5) is 0. The fourth-order valence-corrected chi connectivity index (χ4v) is 2.24. The lowest BCUT2D eigenvalue weighted by molar-refractivity contribution is 0.472. The van der Waals surface area contributed by atoms with Crippen molar-refractivity contribution in [3.05, 3.63) is 65.7 Å². The molecule has 18 heavy (non-hydrogen) atoms. The van der Waals surface area contributed by atoms with Crippen LogP contribution in [0.25, 0.3) is 0 Å². The molecule has 0 radical (unpaired) electrons. The van der Waals surface area contributed by atoms with Gasteiger partial charge in [0.25, 0.3) is 0 Å². The van der Waals surface area contributed by atoms with E-state index >= 15 is 0 Å². The molecular weight excluding hydrogens is 220 g/mol. The van der Waals surface area contributed by atoms with Crippen molar-refractivity contribution in [1.29, 1.82) is 0 Å². The molecule has 0 aromatic heterocycles. The number of hydrogen-bond donors (Lipinski definition) is 2. The minimum Gasteiger partial charge on any atom is -0.380 e. The Morgan fingerprint density at radius 1 is 0.944 bits per heavy atom. The van der Waals surface area contributed by atoms with Crippen LogP contribution in [0.4, 0.5) is 5.69 Å². The molecule has 2 nitrogen and oxygen atoms in total. The summed E-state index contributed by atoms with van der Waals surface area (Å²) in [5.41, 5.74) is 4.00. The molecule has 1 aliphatic rings. The predicted molar refractivity (Wildman–Crippen MR) is 76.0 cm³/mol. The molecule has 92 valence electrons. The van der Waals surface area contributed by atoms with Crippen LogP contribution in [0.5, 0.6) is 0 Å². The van der Waals surface area contributed by atoms with Gasteiger partial charge in [0, 0.05) is 18.8 Å². The van der Waals surface area contributed by atoms with Crippen molar-refractivity contribution in [1.82, 2.24) is 5.32 Å². The third-order valence-electron chi connectivity index (χ3n) is 3.40. The predicted octanol–water partition coefficient (Wildman–Crippen LogP) is 2.66. The summed E-state index contributed by atoms with van der Waals surface area (Å²) in [5.74, 6) is 0. The highest BCUT2D eigenvalue weighted by molar-refractivity contribution is 5.53. The molecule has 0 unspecified atom stereocenters. The maximum atomic E-state index is 3.60. The number of hydrogen-bond acceptors (Lipinski definition) is 2. The summed E-state index contributed by atoms with van der Waals surface area (Å²) in [7, 11) is 0. The van der Waals surface area contributed by atoms with E-state index in [-0.39, 0.29) is 0 Å². The monoisotopic (exact) mass is 238 g/mol. The molecule has 0 atom stereocenters. The second-order valence-electron chi connectivity index (χ2n) is 4.82. The lowest BCUT2D eigenvalue weighted by Gasteiger charge is -2.30. The van der Waals surface area contributed by atoms with Gasteiger partial charge in [-0.25, -0.2) is 0 Å². The van der Waals surface area contributed by atoms with E-state index in [1.807, 2.05) is 0 Å². The number of benzene rings is 2. The third kappa shape index (κ3) is 2.54. The molecule has 2 heteroatoms. The average Bonchev–Trinajstić information content (AvgIpc) is 2.37. The molecule has 0 spiro atoms. The van der Waals surface area contributed by atoms with Crippen LogP contribution in [0.1, 0.15) is 11.1 Å². The van der Waals surface area contributed by atoms with E-state index in [4.69, 9.17) is 0 Å². The van der Waals surface area contributed by atoms with Crippen LogP contribution in [0.2, 0.25) is 0 Å². The smallest absolute Gasteiger partial charge is 0.0510 e. The summed E-state index contributed by atoms with van der Waals surface area (Å²) < 4.78 is 0. The highest BCUT2D eigenvalue weighted by atomic mass is 15.1.